The number of rotatable bonds is 10. The van der Waals surface area contributed by atoms with Crippen molar-refractivity contribution in [2.75, 3.05) is 13.7 Å². The lowest BCUT2D eigenvalue weighted by atomic mass is 10.1. The van der Waals surface area contributed by atoms with E-state index in [1.807, 2.05) is 48.5 Å². The molecule has 0 amide bonds. The lowest BCUT2D eigenvalue weighted by molar-refractivity contribution is 0.280. The zero-order valence-electron chi connectivity index (χ0n) is 17.3. The molecule has 0 atom stereocenters. The maximum atomic E-state index is 11.3. The van der Waals surface area contributed by atoms with Gasteiger partial charge in [0.05, 0.1) is 12.0 Å². The van der Waals surface area contributed by atoms with Gasteiger partial charge in [0.2, 0.25) is 10.0 Å². The average Bonchev–Trinajstić information content (AvgIpc) is 2.76. The molecule has 0 saturated carbocycles. The van der Waals surface area contributed by atoms with E-state index in [1.54, 1.807) is 19.2 Å². The van der Waals surface area contributed by atoms with Crippen LogP contribution in [0, 0.1) is 0 Å². The van der Waals surface area contributed by atoms with Crippen LogP contribution in [0.2, 0.25) is 0 Å². The van der Waals surface area contributed by atoms with E-state index in [1.165, 1.54) is 12.1 Å². The summed E-state index contributed by atoms with van der Waals surface area (Å²) < 4.78 is 34.2. The number of ether oxygens (including phenoxy) is 2. The molecule has 0 aliphatic rings. The first-order chi connectivity index (χ1) is 14.5. The van der Waals surface area contributed by atoms with E-state index in [4.69, 9.17) is 14.6 Å². The molecule has 3 N–H and O–H groups in total. The quantitative estimate of drug-likeness (QED) is 0.448. The minimum Gasteiger partial charge on any atom is -0.493 e. The fraction of sp³-hybridized carbons (Fsp3) is 0.217. The first kappa shape index (κ1) is 24.7. The second kappa shape index (κ2) is 11.7. The van der Waals surface area contributed by atoms with Gasteiger partial charge in [-0.15, -0.1) is 12.4 Å². The molecule has 8 heteroatoms. The molecule has 0 unspecified atom stereocenters. The highest BCUT2D eigenvalue weighted by Gasteiger charge is 2.11. The largest absolute Gasteiger partial charge is 0.493 e. The first-order valence-electron chi connectivity index (χ1n) is 9.62. The lowest BCUT2D eigenvalue weighted by Gasteiger charge is -2.16. The summed E-state index contributed by atoms with van der Waals surface area (Å²) in [6, 6.07) is 22.4. The number of nitrogens with two attached hydrogens (primary N) is 1. The minimum absolute atomic E-state index is 0. The smallest absolute Gasteiger partial charge is 0.238 e. The van der Waals surface area contributed by atoms with Gasteiger partial charge in [-0.05, 0) is 42.3 Å². The Morgan fingerprint density at radius 1 is 0.903 bits per heavy atom. The standard InChI is InChI=1S/C23H26N2O4S.ClH/c1-28-22-9-5-8-20(23(22)29-17-19-6-3-2-4-7-19)16-25-15-14-18-10-12-21(13-11-18)30(24,26)27;/h2-13,25H,14-17H2,1H3,(H2,24,26,27);1H. The van der Waals surface area contributed by atoms with E-state index in [0.29, 0.717) is 18.9 Å². The van der Waals surface area contributed by atoms with Crippen molar-refractivity contribution in [1.29, 1.82) is 0 Å². The van der Waals surface area contributed by atoms with E-state index < -0.39 is 10.0 Å². The van der Waals surface area contributed by atoms with Crippen LogP contribution in [0.1, 0.15) is 16.7 Å². The molecule has 0 heterocycles. The summed E-state index contributed by atoms with van der Waals surface area (Å²) in [6.45, 7) is 1.81. The molecule has 0 fully saturated rings. The highest BCUT2D eigenvalue weighted by Crippen LogP contribution is 2.31. The van der Waals surface area contributed by atoms with E-state index >= 15 is 0 Å². The van der Waals surface area contributed by atoms with Gasteiger partial charge in [-0.25, -0.2) is 13.6 Å². The predicted octanol–water partition coefficient (Wildman–Crippen LogP) is 3.68. The second-order valence-corrected chi connectivity index (χ2v) is 8.40. The van der Waals surface area contributed by atoms with Gasteiger partial charge >= 0.3 is 0 Å². The summed E-state index contributed by atoms with van der Waals surface area (Å²) in [7, 11) is -2.03. The van der Waals surface area contributed by atoms with E-state index in [0.717, 1.165) is 35.4 Å². The summed E-state index contributed by atoms with van der Waals surface area (Å²) >= 11 is 0. The van der Waals surface area contributed by atoms with Crippen LogP contribution >= 0.6 is 12.4 Å². The van der Waals surface area contributed by atoms with E-state index in [2.05, 4.69) is 5.32 Å². The Morgan fingerprint density at radius 3 is 2.26 bits per heavy atom. The molecule has 0 bridgehead atoms. The normalized spacial score (nSPS) is 10.9. The van der Waals surface area contributed by atoms with Crippen molar-refractivity contribution in [2.45, 2.75) is 24.5 Å². The summed E-state index contributed by atoms with van der Waals surface area (Å²) in [5.74, 6) is 1.43. The van der Waals surface area contributed by atoms with Crippen LogP contribution in [-0.4, -0.2) is 22.1 Å². The Hall–Kier alpha value is -2.58. The van der Waals surface area contributed by atoms with Crippen LogP contribution in [0.5, 0.6) is 11.5 Å². The van der Waals surface area contributed by atoms with Gasteiger partial charge in [0.1, 0.15) is 6.61 Å². The van der Waals surface area contributed by atoms with Gasteiger partial charge in [-0.2, -0.15) is 0 Å². The van der Waals surface area contributed by atoms with Gasteiger partial charge in [0.25, 0.3) is 0 Å². The van der Waals surface area contributed by atoms with Crippen molar-refractivity contribution in [3.63, 3.8) is 0 Å². The molecule has 0 saturated heterocycles. The fourth-order valence-corrected chi connectivity index (χ4v) is 3.57. The molecule has 3 aromatic carbocycles. The third kappa shape index (κ3) is 7.25. The Labute approximate surface area is 189 Å². The number of sulfonamides is 1. The van der Waals surface area contributed by atoms with Crippen LogP contribution in [-0.2, 0) is 29.6 Å². The Bertz CT molecular complexity index is 1060. The highest BCUT2D eigenvalue weighted by molar-refractivity contribution is 7.89. The van der Waals surface area contributed by atoms with Crippen LogP contribution in [0.25, 0.3) is 0 Å². The number of halogens is 1. The zero-order valence-corrected chi connectivity index (χ0v) is 18.9. The Balaban J connectivity index is 0.00000341. The summed E-state index contributed by atoms with van der Waals surface area (Å²) in [5, 5.41) is 8.54. The third-order valence-corrected chi connectivity index (χ3v) is 5.59. The van der Waals surface area contributed by atoms with Crippen LogP contribution in [0.3, 0.4) is 0 Å². The molecule has 31 heavy (non-hydrogen) atoms. The molecule has 0 radical (unpaired) electrons. The zero-order chi connectivity index (χ0) is 21.4. The summed E-state index contributed by atoms with van der Waals surface area (Å²) in [6.07, 6.45) is 0.759. The summed E-state index contributed by atoms with van der Waals surface area (Å²) in [5.41, 5.74) is 3.13. The number of hydrogen-bond donors (Lipinski definition) is 2. The monoisotopic (exact) mass is 462 g/mol. The molecular weight excluding hydrogens is 436 g/mol. The van der Waals surface area contributed by atoms with Crippen molar-refractivity contribution in [1.82, 2.24) is 5.32 Å². The fourth-order valence-electron chi connectivity index (χ4n) is 3.06. The van der Waals surface area contributed by atoms with Gasteiger partial charge in [-0.3, -0.25) is 0 Å². The molecular formula is C23H27ClN2O4S. The summed E-state index contributed by atoms with van der Waals surface area (Å²) in [4.78, 5) is 0.121. The van der Waals surface area contributed by atoms with Crippen molar-refractivity contribution in [2.24, 2.45) is 5.14 Å². The molecule has 3 aromatic rings. The number of methoxy groups -OCH3 is 1. The average molecular weight is 463 g/mol. The lowest BCUT2D eigenvalue weighted by Crippen LogP contribution is -2.17. The predicted molar refractivity (Wildman–Crippen MR) is 124 cm³/mol. The van der Waals surface area contributed by atoms with E-state index in [9.17, 15) is 8.42 Å². The second-order valence-electron chi connectivity index (χ2n) is 6.84. The van der Waals surface area contributed by atoms with Gasteiger partial charge in [0, 0.05) is 12.1 Å². The maximum absolute atomic E-state index is 11.3. The number of nitrogens with one attached hydrogen (secondary N) is 1. The topological polar surface area (TPSA) is 90.6 Å². The van der Waals surface area contributed by atoms with Gasteiger partial charge in [-0.1, -0.05) is 54.6 Å². The number of primary sulfonamides is 1. The van der Waals surface area contributed by atoms with Crippen molar-refractivity contribution in [3.8, 4) is 11.5 Å². The van der Waals surface area contributed by atoms with Crippen molar-refractivity contribution in [3.05, 3.63) is 89.5 Å². The Morgan fingerprint density at radius 2 is 1.61 bits per heavy atom. The third-order valence-electron chi connectivity index (χ3n) is 4.66. The SMILES string of the molecule is COc1cccc(CNCCc2ccc(S(N)(=O)=O)cc2)c1OCc1ccccc1.Cl. The number of benzene rings is 3. The number of para-hydroxylation sites is 1. The maximum Gasteiger partial charge on any atom is 0.238 e. The van der Waals surface area contributed by atoms with Gasteiger partial charge in [0.15, 0.2) is 11.5 Å². The molecule has 0 aliphatic carbocycles. The minimum atomic E-state index is -3.66. The highest BCUT2D eigenvalue weighted by atomic mass is 35.5. The molecule has 0 aliphatic heterocycles. The van der Waals surface area contributed by atoms with Crippen LogP contribution in [0.4, 0.5) is 0 Å². The van der Waals surface area contributed by atoms with Crippen molar-refractivity contribution < 1.29 is 17.9 Å². The van der Waals surface area contributed by atoms with E-state index in [-0.39, 0.29) is 17.3 Å². The molecule has 3 rings (SSSR count). The Kier molecular flexibility index (Phi) is 9.33. The molecule has 6 nitrogen and oxygen atoms in total. The van der Waals surface area contributed by atoms with Gasteiger partial charge < -0.3 is 14.8 Å². The first-order valence-corrected chi connectivity index (χ1v) is 11.2. The molecule has 166 valence electrons. The molecule has 0 spiro atoms. The van der Waals surface area contributed by atoms with Crippen LogP contribution in [0.15, 0.2) is 77.7 Å². The van der Waals surface area contributed by atoms with Crippen molar-refractivity contribution >= 4 is 22.4 Å². The number of hydrogen-bond acceptors (Lipinski definition) is 5. The molecule has 0 aromatic heterocycles. The van der Waals surface area contributed by atoms with Crippen LogP contribution < -0.4 is 19.9 Å².